The average Bonchev–Trinajstić information content (AvgIpc) is 2.92. The van der Waals surface area contributed by atoms with Crippen LogP contribution in [0, 0.1) is 0 Å². The number of ether oxygens (including phenoxy) is 2. The van der Waals surface area contributed by atoms with Crippen LogP contribution in [0.1, 0.15) is 80.6 Å². The highest BCUT2D eigenvalue weighted by molar-refractivity contribution is 6.01. The summed E-state index contributed by atoms with van der Waals surface area (Å²) in [5, 5.41) is 2.77. The number of piperazine rings is 1. The number of carbonyl (C=O) groups excluding carboxylic acids is 3. The molecule has 1 atom stereocenters. The lowest BCUT2D eigenvalue weighted by Crippen LogP contribution is -2.57. The molecule has 1 heterocycles. The molecule has 0 saturated carbocycles. The van der Waals surface area contributed by atoms with Crippen molar-refractivity contribution < 1.29 is 23.9 Å². The van der Waals surface area contributed by atoms with Crippen molar-refractivity contribution >= 4 is 17.8 Å². The van der Waals surface area contributed by atoms with E-state index in [1.165, 1.54) is 37.0 Å². The van der Waals surface area contributed by atoms with Gasteiger partial charge in [0.2, 0.25) is 5.91 Å². The third kappa shape index (κ3) is 9.23. The molecule has 0 aromatic heterocycles. The zero-order valence-corrected chi connectivity index (χ0v) is 22.0. The molecule has 1 fully saturated rings. The minimum atomic E-state index is -0.908. The lowest BCUT2D eigenvalue weighted by molar-refractivity contribution is -0.147. The van der Waals surface area contributed by atoms with Gasteiger partial charge in [0.05, 0.1) is 18.6 Å². The van der Waals surface area contributed by atoms with E-state index in [2.05, 4.69) is 12.2 Å². The standard InChI is InChI=1S/C30H40N2O5/c1-2-3-4-5-6-7-8-14-21-36-28(33)22-26-29(34)31-19-20-32(26)30(35)25-17-12-13-18-27(25)37-23-24-15-10-9-11-16-24/h9-13,15-18,26H,2-8,14,19-23H2,1H3,(H,31,34). The van der Waals surface area contributed by atoms with Gasteiger partial charge in [0.1, 0.15) is 18.4 Å². The Balaban J connectivity index is 1.52. The molecule has 3 rings (SSSR count). The van der Waals surface area contributed by atoms with Crippen LogP contribution in [0.3, 0.4) is 0 Å². The first-order valence-electron chi connectivity index (χ1n) is 13.6. The Kier molecular flexibility index (Phi) is 12.0. The highest BCUT2D eigenvalue weighted by Crippen LogP contribution is 2.24. The summed E-state index contributed by atoms with van der Waals surface area (Å²) in [7, 11) is 0. The van der Waals surface area contributed by atoms with E-state index < -0.39 is 12.0 Å². The largest absolute Gasteiger partial charge is 0.488 e. The predicted molar refractivity (Wildman–Crippen MR) is 143 cm³/mol. The maximum absolute atomic E-state index is 13.5. The van der Waals surface area contributed by atoms with Crippen LogP contribution in [0.5, 0.6) is 5.75 Å². The van der Waals surface area contributed by atoms with Gasteiger partial charge in [0.25, 0.3) is 5.91 Å². The van der Waals surface area contributed by atoms with Gasteiger partial charge in [-0.2, -0.15) is 0 Å². The van der Waals surface area contributed by atoms with Crippen molar-refractivity contribution in [3.8, 4) is 5.75 Å². The second kappa shape index (κ2) is 15.7. The fourth-order valence-electron chi connectivity index (χ4n) is 4.46. The first kappa shape index (κ1) is 28.2. The Labute approximate surface area is 220 Å². The van der Waals surface area contributed by atoms with Crippen molar-refractivity contribution in [1.29, 1.82) is 0 Å². The average molecular weight is 509 g/mol. The third-order valence-electron chi connectivity index (χ3n) is 6.57. The highest BCUT2D eigenvalue weighted by Gasteiger charge is 2.36. The van der Waals surface area contributed by atoms with E-state index in [1.54, 1.807) is 24.3 Å². The minimum absolute atomic E-state index is 0.165. The fourth-order valence-corrected chi connectivity index (χ4v) is 4.46. The molecular weight excluding hydrogens is 468 g/mol. The van der Waals surface area contributed by atoms with E-state index in [9.17, 15) is 14.4 Å². The van der Waals surface area contributed by atoms with Crippen molar-refractivity contribution in [2.24, 2.45) is 0 Å². The Morgan fingerprint density at radius 2 is 1.59 bits per heavy atom. The van der Waals surface area contributed by atoms with Gasteiger partial charge < -0.3 is 19.7 Å². The summed E-state index contributed by atoms with van der Waals surface area (Å²) in [4.78, 5) is 40.1. The van der Waals surface area contributed by atoms with Gasteiger partial charge >= 0.3 is 5.97 Å². The van der Waals surface area contributed by atoms with Gasteiger partial charge in [-0.05, 0) is 24.1 Å². The molecule has 1 unspecified atom stereocenters. The predicted octanol–water partition coefficient (Wildman–Crippen LogP) is 5.28. The maximum Gasteiger partial charge on any atom is 0.308 e. The number of para-hydroxylation sites is 1. The summed E-state index contributed by atoms with van der Waals surface area (Å²) in [6.07, 6.45) is 9.10. The van der Waals surface area contributed by atoms with Gasteiger partial charge in [-0.3, -0.25) is 14.4 Å². The summed E-state index contributed by atoms with van der Waals surface area (Å²) >= 11 is 0. The lowest BCUT2D eigenvalue weighted by atomic mass is 10.1. The summed E-state index contributed by atoms with van der Waals surface area (Å²) in [6, 6.07) is 15.8. The first-order valence-corrected chi connectivity index (χ1v) is 13.6. The Bertz CT molecular complexity index is 994. The second-order valence-corrected chi connectivity index (χ2v) is 9.48. The molecule has 1 aliphatic heterocycles. The first-order chi connectivity index (χ1) is 18.1. The van der Waals surface area contributed by atoms with E-state index in [0.29, 0.717) is 37.6 Å². The van der Waals surface area contributed by atoms with Crippen LogP contribution in [-0.4, -0.2) is 48.4 Å². The van der Waals surface area contributed by atoms with E-state index in [1.807, 2.05) is 30.3 Å². The van der Waals surface area contributed by atoms with Crippen LogP contribution in [0.2, 0.25) is 0 Å². The van der Waals surface area contributed by atoms with Crippen molar-refractivity contribution in [1.82, 2.24) is 10.2 Å². The fraction of sp³-hybridized carbons (Fsp3) is 0.500. The van der Waals surface area contributed by atoms with Crippen LogP contribution in [0.25, 0.3) is 0 Å². The zero-order chi connectivity index (χ0) is 26.3. The summed E-state index contributed by atoms with van der Waals surface area (Å²) in [5.41, 5.74) is 1.35. The summed E-state index contributed by atoms with van der Waals surface area (Å²) < 4.78 is 11.4. The second-order valence-electron chi connectivity index (χ2n) is 9.48. The van der Waals surface area contributed by atoms with Crippen molar-refractivity contribution in [2.75, 3.05) is 19.7 Å². The smallest absolute Gasteiger partial charge is 0.308 e. The molecule has 2 amide bonds. The van der Waals surface area contributed by atoms with E-state index in [0.717, 1.165) is 24.8 Å². The third-order valence-corrected chi connectivity index (χ3v) is 6.57. The molecule has 37 heavy (non-hydrogen) atoms. The molecule has 1 N–H and O–H groups in total. The van der Waals surface area contributed by atoms with Gasteiger partial charge in [0, 0.05) is 13.1 Å². The normalized spacial score (nSPS) is 15.2. The molecular formula is C30H40N2O5. The van der Waals surface area contributed by atoms with Gasteiger partial charge in [-0.25, -0.2) is 0 Å². The Morgan fingerprint density at radius 1 is 0.919 bits per heavy atom. The number of nitrogens with one attached hydrogen (secondary N) is 1. The molecule has 0 aliphatic carbocycles. The number of amides is 2. The number of hydrogen-bond donors (Lipinski definition) is 1. The lowest BCUT2D eigenvalue weighted by Gasteiger charge is -2.34. The summed E-state index contributed by atoms with van der Waals surface area (Å²) in [6.45, 7) is 3.52. The topological polar surface area (TPSA) is 84.9 Å². The van der Waals surface area contributed by atoms with Gasteiger partial charge in [-0.15, -0.1) is 0 Å². The maximum atomic E-state index is 13.5. The molecule has 2 aromatic rings. The quantitative estimate of drug-likeness (QED) is 0.261. The number of rotatable bonds is 15. The number of nitrogens with zero attached hydrogens (tertiary/aromatic N) is 1. The van der Waals surface area contributed by atoms with Crippen molar-refractivity contribution in [2.45, 2.75) is 77.4 Å². The molecule has 7 nitrogen and oxygen atoms in total. The number of hydrogen-bond acceptors (Lipinski definition) is 5. The SMILES string of the molecule is CCCCCCCCCCOC(=O)CC1C(=O)NCCN1C(=O)c1ccccc1OCc1ccccc1. The van der Waals surface area contributed by atoms with Gasteiger partial charge in [0.15, 0.2) is 0 Å². The van der Waals surface area contributed by atoms with E-state index in [-0.39, 0.29) is 18.2 Å². The zero-order valence-electron chi connectivity index (χ0n) is 22.0. The van der Waals surface area contributed by atoms with Crippen molar-refractivity contribution in [3.05, 3.63) is 65.7 Å². The molecule has 7 heteroatoms. The highest BCUT2D eigenvalue weighted by atomic mass is 16.5. The number of benzene rings is 2. The number of carbonyl (C=O) groups is 3. The number of unbranched alkanes of at least 4 members (excludes halogenated alkanes) is 7. The van der Waals surface area contributed by atoms with Crippen LogP contribution in [0.4, 0.5) is 0 Å². The van der Waals surface area contributed by atoms with E-state index in [4.69, 9.17) is 9.47 Å². The van der Waals surface area contributed by atoms with Crippen LogP contribution in [-0.2, 0) is 20.9 Å². The minimum Gasteiger partial charge on any atom is -0.488 e. The molecule has 0 spiro atoms. The summed E-state index contributed by atoms with van der Waals surface area (Å²) in [5.74, 6) is -0.694. The van der Waals surface area contributed by atoms with E-state index >= 15 is 0 Å². The molecule has 0 bridgehead atoms. The molecule has 1 saturated heterocycles. The number of esters is 1. The molecule has 200 valence electrons. The van der Waals surface area contributed by atoms with Crippen LogP contribution < -0.4 is 10.1 Å². The Hall–Kier alpha value is -3.35. The molecule has 1 aliphatic rings. The molecule has 0 radical (unpaired) electrons. The van der Waals surface area contributed by atoms with Crippen LogP contribution in [0.15, 0.2) is 54.6 Å². The molecule has 2 aromatic carbocycles. The van der Waals surface area contributed by atoms with Gasteiger partial charge in [-0.1, -0.05) is 94.3 Å². The van der Waals surface area contributed by atoms with Crippen LogP contribution >= 0.6 is 0 Å². The monoisotopic (exact) mass is 508 g/mol. The Morgan fingerprint density at radius 3 is 2.35 bits per heavy atom. The van der Waals surface area contributed by atoms with Crippen molar-refractivity contribution in [3.63, 3.8) is 0 Å².